The number of carbonyl (C=O) groups excluding carboxylic acids is 1. The molecule has 0 fully saturated rings. The Morgan fingerprint density at radius 2 is 1.95 bits per heavy atom. The maximum Gasteiger partial charge on any atom is 0.230 e. The number of carbonyl (C=O) groups is 1. The van der Waals surface area contributed by atoms with E-state index in [1.165, 1.54) is 5.56 Å². The van der Waals surface area contributed by atoms with Gasteiger partial charge >= 0.3 is 0 Å². The molecule has 2 N–H and O–H groups in total. The van der Waals surface area contributed by atoms with E-state index in [9.17, 15) is 4.79 Å². The fourth-order valence-corrected chi connectivity index (χ4v) is 2.34. The summed E-state index contributed by atoms with van der Waals surface area (Å²) in [5.41, 5.74) is 1.28. The second-order valence-electron chi connectivity index (χ2n) is 4.83. The molecule has 0 saturated carbocycles. The summed E-state index contributed by atoms with van der Waals surface area (Å²) < 4.78 is 0. The predicted molar refractivity (Wildman–Crippen MR) is 82.4 cm³/mol. The first-order valence-corrected chi connectivity index (χ1v) is 7.82. The van der Waals surface area contributed by atoms with Crippen molar-refractivity contribution < 1.29 is 4.79 Å². The number of benzene rings is 1. The highest BCUT2D eigenvalue weighted by Gasteiger charge is 2.04. The fourth-order valence-electron chi connectivity index (χ4n) is 1.63. The molecule has 0 aromatic heterocycles. The number of rotatable bonds is 8. The summed E-state index contributed by atoms with van der Waals surface area (Å²) in [6.07, 6.45) is 1.15. The van der Waals surface area contributed by atoms with Crippen molar-refractivity contribution >= 4 is 17.7 Å². The zero-order valence-corrected chi connectivity index (χ0v) is 12.8. The summed E-state index contributed by atoms with van der Waals surface area (Å²) in [4.78, 5) is 12.7. The summed E-state index contributed by atoms with van der Waals surface area (Å²) in [6, 6.07) is 8.60. The molecular formula is C15H24N2OS. The molecule has 1 aromatic rings. The highest BCUT2D eigenvalue weighted by molar-refractivity contribution is 8.00. The Hall–Kier alpha value is -1.00. The van der Waals surface area contributed by atoms with Crippen LogP contribution in [0.4, 0.5) is 0 Å². The monoisotopic (exact) mass is 280 g/mol. The Bertz CT molecular complexity index is 376. The van der Waals surface area contributed by atoms with Crippen LogP contribution in [0.1, 0.15) is 32.8 Å². The van der Waals surface area contributed by atoms with Crippen LogP contribution in [0.15, 0.2) is 29.2 Å². The van der Waals surface area contributed by atoms with Gasteiger partial charge in [0.25, 0.3) is 0 Å². The third-order valence-corrected chi connectivity index (χ3v) is 3.51. The van der Waals surface area contributed by atoms with Crippen molar-refractivity contribution in [2.75, 3.05) is 12.3 Å². The van der Waals surface area contributed by atoms with Crippen molar-refractivity contribution in [3.8, 4) is 0 Å². The molecule has 0 saturated heterocycles. The van der Waals surface area contributed by atoms with E-state index in [4.69, 9.17) is 0 Å². The molecule has 0 heterocycles. The molecule has 0 unspecified atom stereocenters. The van der Waals surface area contributed by atoms with Crippen molar-refractivity contribution in [3.05, 3.63) is 29.8 Å². The van der Waals surface area contributed by atoms with Gasteiger partial charge in [0.2, 0.25) is 5.91 Å². The van der Waals surface area contributed by atoms with Gasteiger partial charge < -0.3 is 10.6 Å². The zero-order valence-electron chi connectivity index (χ0n) is 12.0. The Morgan fingerprint density at radius 3 is 2.53 bits per heavy atom. The Kier molecular flexibility index (Phi) is 7.60. The topological polar surface area (TPSA) is 41.1 Å². The van der Waals surface area contributed by atoms with Crippen LogP contribution in [0.3, 0.4) is 0 Å². The standard InChI is InChI=1S/C15H24N2OS/c1-4-9-16-10-13-5-7-14(8-6-13)19-11-15(18)17-12(2)3/h5-8,12,16H,4,9-11H2,1-3H3,(H,17,18). The molecule has 0 aliphatic carbocycles. The summed E-state index contributed by atoms with van der Waals surface area (Å²) in [5, 5.41) is 6.26. The molecule has 0 radical (unpaired) electrons. The maximum atomic E-state index is 11.5. The van der Waals surface area contributed by atoms with E-state index in [2.05, 4.69) is 41.8 Å². The molecule has 0 aliphatic heterocycles. The molecule has 3 nitrogen and oxygen atoms in total. The Labute approximate surface area is 120 Å². The lowest BCUT2D eigenvalue weighted by Gasteiger charge is -2.08. The van der Waals surface area contributed by atoms with E-state index in [0.29, 0.717) is 5.75 Å². The highest BCUT2D eigenvalue weighted by Crippen LogP contribution is 2.18. The molecule has 0 bridgehead atoms. The van der Waals surface area contributed by atoms with Crippen LogP contribution in [0.25, 0.3) is 0 Å². The van der Waals surface area contributed by atoms with Gasteiger partial charge in [-0.15, -0.1) is 11.8 Å². The maximum absolute atomic E-state index is 11.5. The van der Waals surface area contributed by atoms with Crippen LogP contribution in [0, 0.1) is 0 Å². The smallest absolute Gasteiger partial charge is 0.230 e. The fraction of sp³-hybridized carbons (Fsp3) is 0.533. The number of hydrogen-bond acceptors (Lipinski definition) is 3. The van der Waals surface area contributed by atoms with Gasteiger partial charge in [0, 0.05) is 17.5 Å². The first kappa shape index (κ1) is 16.1. The van der Waals surface area contributed by atoms with Crippen LogP contribution in [0.5, 0.6) is 0 Å². The number of nitrogens with one attached hydrogen (secondary N) is 2. The molecular weight excluding hydrogens is 256 g/mol. The van der Waals surface area contributed by atoms with Gasteiger partial charge in [-0.3, -0.25) is 4.79 Å². The quantitative estimate of drug-likeness (QED) is 0.568. The number of amides is 1. The molecule has 1 rings (SSSR count). The number of hydrogen-bond donors (Lipinski definition) is 2. The first-order chi connectivity index (χ1) is 9.11. The van der Waals surface area contributed by atoms with E-state index >= 15 is 0 Å². The lowest BCUT2D eigenvalue weighted by atomic mass is 10.2. The minimum Gasteiger partial charge on any atom is -0.353 e. The van der Waals surface area contributed by atoms with E-state index in [0.717, 1.165) is 24.4 Å². The molecule has 0 spiro atoms. The molecule has 106 valence electrons. The number of thioether (sulfide) groups is 1. The third kappa shape index (κ3) is 7.23. The average Bonchev–Trinajstić information content (AvgIpc) is 2.37. The normalized spacial score (nSPS) is 10.7. The summed E-state index contributed by atoms with van der Waals surface area (Å²) in [6.45, 7) is 8.06. The van der Waals surface area contributed by atoms with E-state index in [1.807, 2.05) is 13.8 Å². The zero-order chi connectivity index (χ0) is 14.1. The lowest BCUT2D eigenvalue weighted by molar-refractivity contribution is -0.119. The van der Waals surface area contributed by atoms with Crippen LogP contribution in [-0.2, 0) is 11.3 Å². The molecule has 0 aliphatic rings. The summed E-state index contributed by atoms with van der Waals surface area (Å²) in [5.74, 6) is 0.569. The van der Waals surface area contributed by atoms with E-state index in [-0.39, 0.29) is 11.9 Å². The van der Waals surface area contributed by atoms with Crippen molar-refractivity contribution in [1.82, 2.24) is 10.6 Å². The minimum absolute atomic E-state index is 0.0914. The first-order valence-electron chi connectivity index (χ1n) is 6.83. The van der Waals surface area contributed by atoms with Gasteiger partial charge in [0.1, 0.15) is 0 Å². The average molecular weight is 280 g/mol. The third-order valence-electron chi connectivity index (χ3n) is 2.50. The van der Waals surface area contributed by atoms with Gasteiger partial charge in [0.15, 0.2) is 0 Å². The van der Waals surface area contributed by atoms with Crippen LogP contribution in [-0.4, -0.2) is 24.2 Å². The van der Waals surface area contributed by atoms with Gasteiger partial charge in [-0.25, -0.2) is 0 Å². The summed E-state index contributed by atoms with van der Waals surface area (Å²) >= 11 is 1.58. The van der Waals surface area contributed by atoms with E-state index in [1.54, 1.807) is 11.8 Å². The minimum atomic E-state index is 0.0914. The molecule has 1 amide bonds. The molecule has 4 heteroatoms. The largest absolute Gasteiger partial charge is 0.353 e. The van der Waals surface area contributed by atoms with Crippen molar-refractivity contribution in [2.24, 2.45) is 0 Å². The summed E-state index contributed by atoms with van der Waals surface area (Å²) in [7, 11) is 0. The van der Waals surface area contributed by atoms with Crippen molar-refractivity contribution in [3.63, 3.8) is 0 Å². The van der Waals surface area contributed by atoms with Gasteiger partial charge in [-0.05, 0) is 44.5 Å². The highest BCUT2D eigenvalue weighted by atomic mass is 32.2. The van der Waals surface area contributed by atoms with Gasteiger partial charge in [0.05, 0.1) is 5.75 Å². The van der Waals surface area contributed by atoms with Crippen LogP contribution >= 0.6 is 11.8 Å². The van der Waals surface area contributed by atoms with Crippen LogP contribution in [0.2, 0.25) is 0 Å². The predicted octanol–water partition coefficient (Wildman–Crippen LogP) is 2.80. The van der Waals surface area contributed by atoms with Crippen molar-refractivity contribution in [2.45, 2.75) is 44.7 Å². The van der Waals surface area contributed by atoms with Crippen molar-refractivity contribution in [1.29, 1.82) is 0 Å². The van der Waals surface area contributed by atoms with Gasteiger partial charge in [-0.1, -0.05) is 19.1 Å². The SMILES string of the molecule is CCCNCc1ccc(SCC(=O)NC(C)C)cc1. The van der Waals surface area contributed by atoms with E-state index < -0.39 is 0 Å². The molecule has 19 heavy (non-hydrogen) atoms. The Balaban J connectivity index is 2.33. The molecule has 0 atom stereocenters. The molecule has 1 aromatic carbocycles. The van der Waals surface area contributed by atoms with Gasteiger partial charge in [-0.2, -0.15) is 0 Å². The van der Waals surface area contributed by atoms with Crippen LogP contribution < -0.4 is 10.6 Å². The second-order valence-corrected chi connectivity index (χ2v) is 5.88. The lowest BCUT2D eigenvalue weighted by Crippen LogP contribution is -2.31. The second kappa shape index (κ2) is 8.99. The Morgan fingerprint density at radius 1 is 1.26 bits per heavy atom.